The van der Waals surface area contributed by atoms with Crippen LogP contribution in [-0.2, 0) is 0 Å². The number of hydrogen-bond donors (Lipinski definition) is 1. The van der Waals surface area contributed by atoms with Crippen molar-refractivity contribution in [2.24, 2.45) is 0 Å². The standard InChI is InChI=1S/C11H13N3O/c12-8-4-3-5-9-10(8)11(13-15-9)14-6-1-2-7-14/h3-5H,1-2,6-7,12H2. The van der Waals surface area contributed by atoms with Crippen LogP contribution in [0.4, 0.5) is 11.5 Å². The van der Waals surface area contributed by atoms with Gasteiger partial charge < -0.3 is 15.2 Å². The average Bonchev–Trinajstić information content (AvgIpc) is 2.85. The van der Waals surface area contributed by atoms with Crippen LogP contribution in [0.5, 0.6) is 0 Å². The molecule has 2 aromatic rings. The molecule has 15 heavy (non-hydrogen) atoms. The highest BCUT2D eigenvalue weighted by atomic mass is 16.5. The Balaban J connectivity index is 2.18. The molecule has 0 saturated carbocycles. The minimum absolute atomic E-state index is 0.746. The Morgan fingerprint density at radius 2 is 2.07 bits per heavy atom. The van der Waals surface area contributed by atoms with E-state index in [0.717, 1.165) is 35.6 Å². The Hall–Kier alpha value is -1.71. The first-order valence-corrected chi connectivity index (χ1v) is 5.25. The van der Waals surface area contributed by atoms with Gasteiger partial charge in [0.05, 0.1) is 5.39 Å². The lowest BCUT2D eigenvalue weighted by Gasteiger charge is -2.13. The van der Waals surface area contributed by atoms with E-state index in [0.29, 0.717) is 0 Å². The van der Waals surface area contributed by atoms with Crippen molar-refractivity contribution in [3.05, 3.63) is 18.2 Å². The summed E-state index contributed by atoms with van der Waals surface area (Å²) >= 11 is 0. The Bertz CT molecular complexity index is 486. The summed E-state index contributed by atoms with van der Waals surface area (Å²) in [7, 11) is 0. The van der Waals surface area contributed by atoms with Crippen molar-refractivity contribution in [3.63, 3.8) is 0 Å². The number of nitrogen functional groups attached to an aromatic ring is 1. The maximum absolute atomic E-state index is 5.94. The molecule has 1 aromatic heterocycles. The molecule has 0 aliphatic carbocycles. The van der Waals surface area contributed by atoms with Crippen molar-refractivity contribution in [2.75, 3.05) is 23.7 Å². The SMILES string of the molecule is Nc1cccc2onc(N3CCCC3)c12. The molecule has 4 heteroatoms. The quantitative estimate of drug-likeness (QED) is 0.720. The molecule has 0 bridgehead atoms. The second kappa shape index (κ2) is 3.15. The van der Waals surface area contributed by atoms with E-state index in [1.165, 1.54) is 12.8 Å². The molecule has 1 aliphatic heterocycles. The maximum atomic E-state index is 5.94. The van der Waals surface area contributed by atoms with E-state index >= 15 is 0 Å². The molecule has 0 spiro atoms. The van der Waals surface area contributed by atoms with E-state index in [2.05, 4.69) is 10.1 Å². The summed E-state index contributed by atoms with van der Waals surface area (Å²) in [5, 5.41) is 5.07. The third-order valence-electron chi connectivity index (χ3n) is 2.92. The predicted molar refractivity (Wildman–Crippen MR) is 59.9 cm³/mol. The highest BCUT2D eigenvalue weighted by molar-refractivity contribution is 5.98. The van der Waals surface area contributed by atoms with Gasteiger partial charge in [0.25, 0.3) is 0 Å². The van der Waals surface area contributed by atoms with Gasteiger partial charge >= 0.3 is 0 Å². The van der Waals surface area contributed by atoms with Gasteiger partial charge in [-0.2, -0.15) is 0 Å². The van der Waals surface area contributed by atoms with Gasteiger partial charge in [-0.05, 0) is 25.0 Å². The van der Waals surface area contributed by atoms with Gasteiger partial charge in [-0.3, -0.25) is 0 Å². The monoisotopic (exact) mass is 203 g/mol. The molecule has 2 N–H and O–H groups in total. The fourth-order valence-electron chi connectivity index (χ4n) is 2.15. The molecule has 4 nitrogen and oxygen atoms in total. The maximum Gasteiger partial charge on any atom is 0.182 e. The first kappa shape index (κ1) is 8.59. The number of anilines is 2. The molecular weight excluding hydrogens is 190 g/mol. The predicted octanol–water partition coefficient (Wildman–Crippen LogP) is 2.01. The largest absolute Gasteiger partial charge is 0.398 e. The molecule has 1 aromatic carbocycles. The average molecular weight is 203 g/mol. The van der Waals surface area contributed by atoms with E-state index < -0.39 is 0 Å². The number of hydrogen-bond acceptors (Lipinski definition) is 4. The summed E-state index contributed by atoms with van der Waals surface area (Å²) in [6, 6.07) is 5.67. The molecule has 78 valence electrons. The van der Waals surface area contributed by atoms with E-state index in [4.69, 9.17) is 10.3 Å². The zero-order chi connectivity index (χ0) is 10.3. The Kier molecular flexibility index (Phi) is 1.80. The highest BCUT2D eigenvalue weighted by Gasteiger charge is 2.20. The van der Waals surface area contributed by atoms with Crippen LogP contribution >= 0.6 is 0 Å². The molecule has 0 unspecified atom stereocenters. The molecule has 0 amide bonds. The Morgan fingerprint density at radius 3 is 2.87 bits per heavy atom. The number of fused-ring (bicyclic) bond motifs is 1. The summed E-state index contributed by atoms with van der Waals surface area (Å²) in [6.45, 7) is 2.10. The minimum atomic E-state index is 0.746. The van der Waals surface area contributed by atoms with Gasteiger partial charge in [0.15, 0.2) is 11.4 Å². The number of benzene rings is 1. The van der Waals surface area contributed by atoms with Crippen molar-refractivity contribution < 1.29 is 4.52 Å². The summed E-state index contributed by atoms with van der Waals surface area (Å²) in [6.07, 6.45) is 2.45. The summed E-state index contributed by atoms with van der Waals surface area (Å²) < 4.78 is 5.27. The smallest absolute Gasteiger partial charge is 0.182 e. The molecule has 0 atom stereocenters. The van der Waals surface area contributed by atoms with Crippen LogP contribution in [-0.4, -0.2) is 18.2 Å². The van der Waals surface area contributed by atoms with Gasteiger partial charge in [0, 0.05) is 18.8 Å². The number of rotatable bonds is 1. The summed E-state index contributed by atoms with van der Waals surface area (Å²) in [5.41, 5.74) is 7.46. The molecule has 3 rings (SSSR count). The lowest BCUT2D eigenvalue weighted by Crippen LogP contribution is -2.18. The first-order valence-electron chi connectivity index (χ1n) is 5.25. The van der Waals surface area contributed by atoms with Crippen LogP contribution in [0, 0.1) is 0 Å². The first-order chi connectivity index (χ1) is 7.36. The van der Waals surface area contributed by atoms with Crippen LogP contribution in [0.3, 0.4) is 0 Å². The second-order valence-corrected chi connectivity index (χ2v) is 3.92. The van der Waals surface area contributed by atoms with Gasteiger partial charge in [-0.15, -0.1) is 0 Å². The van der Waals surface area contributed by atoms with Crippen molar-refractivity contribution in [2.45, 2.75) is 12.8 Å². The van der Waals surface area contributed by atoms with Crippen LogP contribution in [0.2, 0.25) is 0 Å². The minimum Gasteiger partial charge on any atom is -0.398 e. The number of aromatic nitrogens is 1. The molecule has 1 fully saturated rings. The van der Waals surface area contributed by atoms with Crippen molar-refractivity contribution in [3.8, 4) is 0 Å². The van der Waals surface area contributed by atoms with Crippen LogP contribution < -0.4 is 10.6 Å². The second-order valence-electron chi connectivity index (χ2n) is 3.92. The van der Waals surface area contributed by atoms with Crippen molar-refractivity contribution in [1.29, 1.82) is 0 Å². The molecule has 2 heterocycles. The van der Waals surface area contributed by atoms with Gasteiger partial charge in [-0.25, -0.2) is 0 Å². The van der Waals surface area contributed by atoms with Crippen LogP contribution in [0.1, 0.15) is 12.8 Å². The molecule has 1 saturated heterocycles. The summed E-state index contributed by atoms with van der Waals surface area (Å²) in [5.74, 6) is 0.903. The molecular formula is C11H13N3O. The third kappa shape index (κ3) is 1.25. The van der Waals surface area contributed by atoms with Gasteiger partial charge in [0.1, 0.15) is 0 Å². The Labute approximate surface area is 87.6 Å². The number of nitrogens with two attached hydrogens (primary N) is 1. The topological polar surface area (TPSA) is 55.3 Å². The number of nitrogens with zero attached hydrogens (tertiary/aromatic N) is 2. The van der Waals surface area contributed by atoms with Gasteiger partial charge in [0.2, 0.25) is 0 Å². The lowest BCUT2D eigenvalue weighted by atomic mass is 10.2. The van der Waals surface area contributed by atoms with E-state index in [1.807, 2.05) is 18.2 Å². The third-order valence-corrected chi connectivity index (χ3v) is 2.92. The van der Waals surface area contributed by atoms with E-state index in [-0.39, 0.29) is 0 Å². The fraction of sp³-hybridized carbons (Fsp3) is 0.364. The van der Waals surface area contributed by atoms with Crippen molar-refractivity contribution in [1.82, 2.24) is 5.16 Å². The van der Waals surface area contributed by atoms with E-state index in [1.54, 1.807) is 0 Å². The molecule has 1 aliphatic rings. The van der Waals surface area contributed by atoms with Crippen molar-refractivity contribution >= 4 is 22.5 Å². The molecule has 0 radical (unpaired) electrons. The van der Waals surface area contributed by atoms with E-state index in [9.17, 15) is 0 Å². The normalized spacial score (nSPS) is 16.4. The zero-order valence-electron chi connectivity index (χ0n) is 8.44. The summed E-state index contributed by atoms with van der Waals surface area (Å²) in [4.78, 5) is 2.24. The highest BCUT2D eigenvalue weighted by Crippen LogP contribution is 2.32. The Morgan fingerprint density at radius 1 is 1.27 bits per heavy atom. The zero-order valence-corrected chi connectivity index (χ0v) is 8.44. The fourth-order valence-corrected chi connectivity index (χ4v) is 2.15. The van der Waals surface area contributed by atoms with Crippen LogP contribution in [0.25, 0.3) is 11.0 Å². The van der Waals surface area contributed by atoms with Gasteiger partial charge in [-0.1, -0.05) is 11.2 Å². The lowest BCUT2D eigenvalue weighted by molar-refractivity contribution is 0.456. The van der Waals surface area contributed by atoms with Crippen LogP contribution in [0.15, 0.2) is 22.7 Å².